The van der Waals surface area contributed by atoms with Gasteiger partial charge in [0.2, 0.25) is 5.79 Å². The molecule has 4 rings (SSSR count). The maximum atomic E-state index is 6.15. The Hall–Kier alpha value is -1.06. The van der Waals surface area contributed by atoms with Crippen molar-refractivity contribution < 1.29 is 33.2 Å². The van der Waals surface area contributed by atoms with Crippen LogP contribution in [0.4, 0.5) is 0 Å². The number of hydrogen-bond acceptors (Lipinski definition) is 7. The molecule has 0 amide bonds. The van der Waals surface area contributed by atoms with Gasteiger partial charge in [-0.15, -0.1) is 0 Å². The smallest absolute Gasteiger partial charge is 0.224 e. The molecular weight excluding hydrogens is 364 g/mol. The zero-order chi connectivity index (χ0) is 19.8. The molecule has 7 nitrogen and oxygen atoms in total. The Morgan fingerprint density at radius 1 is 0.929 bits per heavy atom. The molecule has 3 aliphatic rings. The summed E-state index contributed by atoms with van der Waals surface area (Å²) in [7, 11) is 0. The summed E-state index contributed by atoms with van der Waals surface area (Å²) in [4.78, 5) is 0. The first-order valence-electron chi connectivity index (χ1n) is 9.86. The van der Waals surface area contributed by atoms with Gasteiger partial charge in [-0.05, 0) is 33.3 Å². The highest BCUT2D eigenvalue weighted by molar-refractivity contribution is 5.13. The molecule has 0 bridgehead atoms. The van der Waals surface area contributed by atoms with Crippen LogP contribution in [0.3, 0.4) is 0 Å². The van der Waals surface area contributed by atoms with E-state index in [1.165, 1.54) is 0 Å². The van der Waals surface area contributed by atoms with Crippen LogP contribution in [0.1, 0.15) is 33.3 Å². The van der Waals surface area contributed by atoms with E-state index < -0.39 is 23.5 Å². The third-order valence-corrected chi connectivity index (χ3v) is 5.06. The van der Waals surface area contributed by atoms with Gasteiger partial charge in [0.15, 0.2) is 11.6 Å². The molecule has 0 radical (unpaired) electrons. The minimum Gasteiger partial charge on any atom is -0.374 e. The van der Waals surface area contributed by atoms with Gasteiger partial charge in [-0.1, -0.05) is 30.3 Å². The Kier molecular flexibility index (Phi) is 5.52. The van der Waals surface area contributed by atoms with E-state index in [0.29, 0.717) is 26.4 Å². The zero-order valence-corrected chi connectivity index (χ0v) is 17.0. The molecule has 3 saturated heterocycles. The lowest BCUT2D eigenvalue weighted by Crippen LogP contribution is -2.60. The summed E-state index contributed by atoms with van der Waals surface area (Å²) >= 11 is 0. The zero-order valence-electron chi connectivity index (χ0n) is 17.0. The van der Waals surface area contributed by atoms with E-state index >= 15 is 0 Å². The summed E-state index contributed by atoms with van der Waals surface area (Å²) in [5.41, 5.74) is 1.14. The van der Waals surface area contributed by atoms with Crippen molar-refractivity contribution in [1.82, 2.24) is 0 Å². The second kappa shape index (κ2) is 7.65. The van der Waals surface area contributed by atoms with Crippen LogP contribution in [0.15, 0.2) is 30.3 Å². The summed E-state index contributed by atoms with van der Waals surface area (Å²) < 4.78 is 41.9. The standard InChI is InChI=1S/C21H30O7/c1-19(2)25-16-13-24-21(18(17(16)26-19)27-20(3,4)28-21)14-23-11-10-22-12-15-8-6-5-7-9-15/h5-9,16-18H,10-14H2,1-4H3. The van der Waals surface area contributed by atoms with Gasteiger partial charge >= 0.3 is 0 Å². The lowest BCUT2D eigenvalue weighted by Gasteiger charge is -2.40. The van der Waals surface area contributed by atoms with Crippen molar-refractivity contribution in [3.05, 3.63) is 35.9 Å². The van der Waals surface area contributed by atoms with Gasteiger partial charge in [0, 0.05) is 0 Å². The van der Waals surface area contributed by atoms with Crippen molar-refractivity contribution in [3.8, 4) is 0 Å². The van der Waals surface area contributed by atoms with E-state index in [4.69, 9.17) is 33.2 Å². The van der Waals surface area contributed by atoms with E-state index in [0.717, 1.165) is 5.56 Å². The Balaban J connectivity index is 1.31. The Morgan fingerprint density at radius 2 is 1.68 bits per heavy atom. The fourth-order valence-corrected chi connectivity index (χ4v) is 4.04. The minimum absolute atomic E-state index is 0.181. The van der Waals surface area contributed by atoms with Crippen LogP contribution in [-0.4, -0.2) is 62.1 Å². The highest BCUT2D eigenvalue weighted by atomic mass is 16.9. The number of fused-ring (bicyclic) bond motifs is 3. The molecule has 0 saturated carbocycles. The third kappa shape index (κ3) is 4.26. The van der Waals surface area contributed by atoms with Crippen LogP contribution in [0, 0.1) is 0 Å². The van der Waals surface area contributed by atoms with Gasteiger partial charge in [0.25, 0.3) is 0 Å². The van der Waals surface area contributed by atoms with Gasteiger partial charge in [0.1, 0.15) is 24.9 Å². The van der Waals surface area contributed by atoms with Crippen LogP contribution in [0.2, 0.25) is 0 Å². The van der Waals surface area contributed by atoms with E-state index in [-0.39, 0.29) is 18.8 Å². The Bertz CT molecular complexity index is 662. The van der Waals surface area contributed by atoms with E-state index in [9.17, 15) is 0 Å². The predicted molar refractivity (Wildman–Crippen MR) is 99.5 cm³/mol. The molecule has 0 aromatic heterocycles. The molecule has 3 heterocycles. The Morgan fingerprint density at radius 3 is 2.46 bits per heavy atom. The molecule has 1 aromatic carbocycles. The van der Waals surface area contributed by atoms with Crippen molar-refractivity contribution in [1.29, 1.82) is 0 Å². The van der Waals surface area contributed by atoms with Crippen molar-refractivity contribution in [2.45, 2.75) is 70.0 Å². The quantitative estimate of drug-likeness (QED) is 0.659. The SMILES string of the molecule is CC1(C)OC2COC3(COCCOCc4ccccc4)OC(C)(C)OC3C2O1. The molecule has 4 unspecified atom stereocenters. The second-order valence-electron chi connectivity index (χ2n) is 8.39. The van der Waals surface area contributed by atoms with Crippen molar-refractivity contribution in [2.75, 3.05) is 26.4 Å². The maximum absolute atomic E-state index is 6.15. The first kappa shape index (κ1) is 20.2. The highest BCUT2D eigenvalue weighted by Crippen LogP contribution is 2.47. The highest BCUT2D eigenvalue weighted by Gasteiger charge is 2.65. The van der Waals surface area contributed by atoms with E-state index in [1.807, 2.05) is 58.0 Å². The summed E-state index contributed by atoms with van der Waals surface area (Å²) in [6.45, 7) is 9.63. The van der Waals surface area contributed by atoms with Gasteiger partial charge < -0.3 is 33.2 Å². The van der Waals surface area contributed by atoms with Crippen molar-refractivity contribution in [3.63, 3.8) is 0 Å². The van der Waals surface area contributed by atoms with Crippen LogP contribution < -0.4 is 0 Å². The topological polar surface area (TPSA) is 64.6 Å². The number of rotatable bonds is 7. The van der Waals surface area contributed by atoms with Gasteiger partial charge in [-0.25, -0.2) is 0 Å². The lowest BCUT2D eigenvalue weighted by atomic mass is 9.97. The number of hydrogen-bond donors (Lipinski definition) is 0. The van der Waals surface area contributed by atoms with E-state index in [2.05, 4.69) is 0 Å². The number of benzene rings is 1. The lowest BCUT2D eigenvalue weighted by molar-refractivity contribution is -0.299. The molecule has 0 N–H and O–H groups in total. The monoisotopic (exact) mass is 394 g/mol. The van der Waals surface area contributed by atoms with Crippen LogP contribution in [-0.2, 0) is 39.8 Å². The minimum atomic E-state index is -1.01. The number of ether oxygens (including phenoxy) is 7. The fraction of sp³-hybridized carbons (Fsp3) is 0.714. The molecular formula is C21H30O7. The third-order valence-electron chi connectivity index (χ3n) is 5.06. The second-order valence-corrected chi connectivity index (χ2v) is 8.39. The van der Waals surface area contributed by atoms with Crippen LogP contribution in [0.5, 0.6) is 0 Å². The summed E-state index contributed by atoms with van der Waals surface area (Å²) in [5, 5.41) is 0. The average Bonchev–Trinajstić information content (AvgIpc) is 3.10. The molecule has 3 aliphatic heterocycles. The molecule has 1 aromatic rings. The molecule has 156 valence electrons. The fourth-order valence-electron chi connectivity index (χ4n) is 4.04. The maximum Gasteiger partial charge on any atom is 0.224 e. The average molecular weight is 394 g/mol. The Labute approximate surface area is 166 Å². The van der Waals surface area contributed by atoms with Crippen LogP contribution >= 0.6 is 0 Å². The summed E-state index contributed by atoms with van der Waals surface area (Å²) in [6.07, 6.45) is -0.864. The summed E-state index contributed by atoms with van der Waals surface area (Å²) in [6, 6.07) is 10.1. The molecule has 0 aliphatic carbocycles. The van der Waals surface area contributed by atoms with E-state index in [1.54, 1.807) is 0 Å². The van der Waals surface area contributed by atoms with Gasteiger partial charge in [-0.3, -0.25) is 0 Å². The molecule has 3 fully saturated rings. The van der Waals surface area contributed by atoms with Gasteiger partial charge in [-0.2, -0.15) is 0 Å². The van der Waals surface area contributed by atoms with Crippen LogP contribution in [0.25, 0.3) is 0 Å². The van der Waals surface area contributed by atoms with Gasteiger partial charge in [0.05, 0.1) is 26.4 Å². The molecule has 28 heavy (non-hydrogen) atoms. The molecule has 0 spiro atoms. The van der Waals surface area contributed by atoms with Crippen molar-refractivity contribution in [2.24, 2.45) is 0 Å². The van der Waals surface area contributed by atoms with Crippen molar-refractivity contribution >= 4 is 0 Å². The predicted octanol–water partition coefficient (Wildman–Crippen LogP) is 2.62. The first-order valence-corrected chi connectivity index (χ1v) is 9.86. The normalized spacial score (nSPS) is 35.5. The molecule has 4 atom stereocenters. The first-order chi connectivity index (χ1) is 13.3. The largest absolute Gasteiger partial charge is 0.374 e. The summed E-state index contributed by atoms with van der Waals surface area (Å²) in [5.74, 6) is -2.46. The molecule has 7 heteroatoms.